The third-order valence-corrected chi connectivity index (χ3v) is 5.54. The zero-order valence-electron chi connectivity index (χ0n) is 16.7. The Morgan fingerprint density at radius 1 is 0.966 bits per heavy atom. The van der Waals surface area contributed by atoms with E-state index in [9.17, 15) is 13.6 Å². The van der Waals surface area contributed by atoms with Gasteiger partial charge in [0.15, 0.2) is 0 Å². The Balaban J connectivity index is 1.64. The van der Waals surface area contributed by atoms with E-state index in [1.807, 2.05) is 6.92 Å². The molecule has 4 nitrogen and oxygen atoms in total. The Labute approximate surface area is 171 Å². The molecule has 1 aliphatic heterocycles. The standard InChI is InChI=1S/C23H28F2N3O/c1-17(23(26)29)3-2-12-27-13-15-28(16-14-27)22(18-4-8-20(24)9-5-18)19-6-10-21(25)11-7-19/h2,4-11,17,22H,3,12-16H2,1H3,(H2,26,29). The van der Waals surface area contributed by atoms with Crippen molar-refractivity contribution in [3.8, 4) is 0 Å². The molecule has 1 unspecified atom stereocenters. The number of carbonyl (C=O) groups excluding carboxylic acids is 1. The molecule has 1 amide bonds. The fourth-order valence-electron chi connectivity index (χ4n) is 3.73. The maximum absolute atomic E-state index is 13.4. The van der Waals surface area contributed by atoms with Crippen molar-refractivity contribution >= 4 is 5.91 Å². The van der Waals surface area contributed by atoms with Crippen molar-refractivity contribution < 1.29 is 13.6 Å². The van der Waals surface area contributed by atoms with E-state index in [1.165, 1.54) is 24.3 Å². The summed E-state index contributed by atoms with van der Waals surface area (Å²) >= 11 is 0. The Bertz CT molecular complexity index is 741. The minimum absolute atomic E-state index is 0.0442. The van der Waals surface area contributed by atoms with Crippen LogP contribution >= 0.6 is 0 Å². The molecule has 2 aromatic rings. The molecule has 0 saturated carbocycles. The summed E-state index contributed by atoms with van der Waals surface area (Å²) in [7, 11) is 0. The fourth-order valence-corrected chi connectivity index (χ4v) is 3.73. The quantitative estimate of drug-likeness (QED) is 0.739. The second-order valence-electron chi connectivity index (χ2n) is 7.67. The van der Waals surface area contributed by atoms with Crippen LogP contribution in [0.25, 0.3) is 0 Å². The largest absolute Gasteiger partial charge is 0.369 e. The molecule has 6 heteroatoms. The topological polar surface area (TPSA) is 49.6 Å². The van der Waals surface area contributed by atoms with Crippen LogP contribution in [0.1, 0.15) is 30.5 Å². The number of rotatable bonds is 8. The van der Waals surface area contributed by atoms with Gasteiger partial charge in [0.05, 0.1) is 6.04 Å². The number of amides is 1. The molecule has 0 bridgehead atoms. The first-order valence-corrected chi connectivity index (χ1v) is 10.0. The van der Waals surface area contributed by atoms with Gasteiger partial charge in [-0.05, 0) is 48.2 Å². The van der Waals surface area contributed by atoms with Crippen LogP contribution in [0, 0.1) is 24.0 Å². The highest BCUT2D eigenvalue weighted by atomic mass is 19.1. The maximum atomic E-state index is 13.4. The van der Waals surface area contributed by atoms with Crippen LogP contribution in [0.2, 0.25) is 0 Å². The van der Waals surface area contributed by atoms with Crippen molar-refractivity contribution in [1.29, 1.82) is 0 Å². The number of benzene rings is 2. The average molecular weight is 400 g/mol. The lowest BCUT2D eigenvalue weighted by atomic mass is 9.96. The number of halogens is 2. The van der Waals surface area contributed by atoms with Gasteiger partial charge in [-0.25, -0.2) is 8.78 Å². The fraction of sp³-hybridized carbons (Fsp3) is 0.391. The monoisotopic (exact) mass is 400 g/mol. The second-order valence-corrected chi connectivity index (χ2v) is 7.67. The number of nitrogens with two attached hydrogens (primary N) is 1. The normalized spacial score (nSPS) is 16.8. The zero-order chi connectivity index (χ0) is 20.8. The summed E-state index contributed by atoms with van der Waals surface area (Å²) in [6.45, 7) is 6.13. The van der Waals surface area contributed by atoms with Crippen molar-refractivity contribution in [3.05, 3.63) is 77.7 Å². The molecule has 1 saturated heterocycles. The summed E-state index contributed by atoms with van der Waals surface area (Å²) in [6.07, 6.45) is 2.80. The zero-order valence-corrected chi connectivity index (χ0v) is 16.7. The number of nitrogens with zero attached hydrogens (tertiary/aromatic N) is 2. The smallest absolute Gasteiger partial charge is 0.220 e. The van der Waals surface area contributed by atoms with E-state index < -0.39 is 0 Å². The molecule has 2 N–H and O–H groups in total. The number of hydrogen-bond acceptors (Lipinski definition) is 3. The second kappa shape index (κ2) is 9.94. The van der Waals surface area contributed by atoms with Crippen LogP contribution in [0.3, 0.4) is 0 Å². The molecule has 1 fully saturated rings. The summed E-state index contributed by atoms with van der Waals surface area (Å²) < 4.78 is 26.8. The lowest BCUT2D eigenvalue weighted by Crippen LogP contribution is -2.48. The van der Waals surface area contributed by atoms with Crippen LogP contribution in [0.15, 0.2) is 48.5 Å². The van der Waals surface area contributed by atoms with Crippen LogP contribution in [0.4, 0.5) is 8.78 Å². The van der Waals surface area contributed by atoms with Crippen molar-refractivity contribution in [2.45, 2.75) is 19.4 Å². The summed E-state index contributed by atoms with van der Waals surface area (Å²) in [5.41, 5.74) is 7.30. The highest BCUT2D eigenvalue weighted by molar-refractivity contribution is 5.76. The lowest BCUT2D eigenvalue weighted by Gasteiger charge is -2.40. The van der Waals surface area contributed by atoms with Crippen molar-refractivity contribution in [3.63, 3.8) is 0 Å². The van der Waals surface area contributed by atoms with E-state index in [4.69, 9.17) is 5.73 Å². The summed E-state index contributed by atoms with van der Waals surface area (Å²) in [5, 5.41) is 0. The number of carbonyl (C=O) groups is 1. The van der Waals surface area contributed by atoms with Crippen molar-refractivity contribution in [2.24, 2.45) is 11.7 Å². The Kier molecular flexibility index (Phi) is 7.34. The van der Waals surface area contributed by atoms with Gasteiger partial charge in [0, 0.05) is 38.6 Å². The van der Waals surface area contributed by atoms with Crippen LogP contribution in [-0.2, 0) is 4.79 Å². The van der Waals surface area contributed by atoms with E-state index in [0.29, 0.717) is 6.42 Å². The Morgan fingerprint density at radius 3 is 1.90 bits per heavy atom. The molecule has 0 aliphatic carbocycles. The highest BCUT2D eigenvalue weighted by Crippen LogP contribution is 2.30. The minimum atomic E-state index is -0.271. The van der Waals surface area contributed by atoms with Gasteiger partial charge in [-0.1, -0.05) is 31.2 Å². The average Bonchev–Trinajstić information content (AvgIpc) is 2.72. The minimum Gasteiger partial charge on any atom is -0.369 e. The van der Waals surface area contributed by atoms with E-state index in [0.717, 1.165) is 43.9 Å². The predicted molar refractivity (Wildman–Crippen MR) is 110 cm³/mol. The van der Waals surface area contributed by atoms with E-state index in [2.05, 4.69) is 16.2 Å². The molecular weight excluding hydrogens is 372 g/mol. The SMILES string of the molecule is CC(C[CH]CN1CCN(C(c2ccc(F)cc2)c2ccc(F)cc2)CC1)C(N)=O. The summed E-state index contributed by atoms with van der Waals surface area (Å²) in [6, 6.07) is 13.0. The molecular formula is C23H28F2N3O. The first kappa shape index (κ1) is 21.4. The first-order chi connectivity index (χ1) is 13.9. The highest BCUT2D eigenvalue weighted by Gasteiger charge is 2.26. The molecule has 0 spiro atoms. The Hall–Kier alpha value is -2.31. The molecule has 155 valence electrons. The number of primary amides is 1. The molecule has 1 radical (unpaired) electrons. The van der Waals surface area contributed by atoms with Gasteiger partial charge < -0.3 is 10.6 Å². The van der Waals surface area contributed by atoms with Gasteiger partial charge in [-0.3, -0.25) is 9.69 Å². The number of piperazine rings is 1. The molecule has 0 aromatic heterocycles. The third-order valence-electron chi connectivity index (χ3n) is 5.54. The van der Waals surface area contributed by atoms with Gasteiger partial charge >= 0.3 is 0 Å². The van der Waals surface area contributed by atoms with Gasteiger partial charge in [0.25, 0.3) is 0 Å². The van der Waals surface area contributed by atoms with Crippen LogP contribution in [-0.4, -0.2) is 48.4 Å². The third kappa shape index (κ3) is 5.84. The summed E-state index contributed by atoms with van der Waals surface area (Å²) in [4.78, 5) is 15.8. The maximum Gasteiger partial charge on any atom is 0.220 e. The van der Waals surface area contributed by atoms with E-state index >= 15 is 0 Å². The predicted octanol–water partition coefficient (Wildman–Crippen LogP) is 3.39. The molecule has 1 aliphatic rings. The van der Waals surface area contributed by atoms with E-state index in [1.54, 1.807) is 24.3 Å². The molecule has 29 heavy (non-hydrogen) atoms. The van der Waals surface area contributed by atoms with Crippen molar-refractivity contribution in [2.75, 3.05) is 32.7 Å². The van der Waals surface area contributed by atoms with Gasteiger partial charge in [0.1, 0.15) is 11.6 Å². The molecule has 1 heterocycles. The summed E-state index contributed by atoms with van der Waals surface area (Å²) in [5.74, 6) is -0.945. The van der Waals surface area contributed by atoms with Gasteiger partial charge in [-0.15, -0.1) is 0 Å². The molecule has 2 aromatic carbocycles. The van der Waals surface area contributed by atoms with E-state index in [-0.39, 0.29) is 29.5 Å². The molecule has 3 rings (SSSR count). The number of hydrogen-bond donors (Lipinski definition) is 1. The van der Waals surface area contributed by atoms with Crippen LogP contribution < -0.4 is 5.73 Å². The molecule has 1 atom stereocenters. The van der Waals surface area contributed by atoms with Crippen LogP contribution in [0.5, 0.6) is 0 Å². The lowest BCUT2D eigenvalue weighted by molar-refractivity contribution is -0.121. The Morgan fingerprint density at radius 2 is 1.45 bits per heavy atom. The van der Waals surface area contributed by atoms with Gasteiger partial charge in [-0.2, -0.15) is 0 Å². The van der Waals surface area contributed by atoms with Crippen molar-refractivity contribution in [1.82, 2.24) is 9.80 Å². The van der Waals surface area contributed by atoms with Gasteiger partial charge in [0.2, 0.25) is 5.91 Å². The first-order valence-electron chi connectivity index (χ1n) is 10.0.